The van der Waals surface area contributed by atoms with E-state index in [-0.39, 0.29) is 6.04 Å². The van der Waals surface area contributed by atoms with Gasteiger partial charge in [-0.15, -0.1) is 0 Å². The molecule has 6 heteroatoms. The smallest absolute Gasteiger partial charge is 0.407 e. The fourth-order valence-corrected chi connectivity index (χ4v) is 3.50. The number of esters is 1. The molecule has 0 bridgehead atoms. The standard InChI is InChI=1S/C24H28N2O4/c1-15(25-23(28)30-24(2,3)4)14-19-20(16-10-7-6-8-11-16)17-12-9-13-18(21(17)26-19)22(27)29-5/h6-13,15,26H,14H2,1-5H3,(H,25,28)/t15-/m1/s1. The van der Waals surface area contributed by atoms with Crippen molar-refractivity contribution in [1.82, 2.24) is 10.3 Å². The quantitative estimate of drug-likeness (QED) is 0.577. The Kier molecular flexibility index (Phi) is 6.15. The van der Waals surface area contributed by atoms with Gasteiger partial charge < -0.3 is 19.8 Å². The van der Waals surface area contributed by atoms with Gasteiger partial charge in [0, 0.05) is 29.1 Å². The second-order valence-corrected chi connectivity index (χ2v) is 8.32. The molecule has 0 saturated heterocycles. The number of methoxy groups -OCH3 is 1. The lowest BCUT2D eigenvalue weighted by molar-refractivity contribution is 0.0507. The molecule has 1 aromatic heterocycles. The average Bonchev–Trinajstić information content (AvgIpc) is 3.03. The molecule has 3 aromatic rings. The fraction of sp³-hybridized carbons (Fsp3) is 0.333. The van der Waals surface area contributed by atoms with Crippen molar-refractivity contribution in [3.63, 3.8) is 0 Å². The maximum absolute atomic E-state index is 12.3. The summed E-state index contributed by atoms with van der Waals surface area (Å²) < 4.78 is 10.3. The fourth-order valence-electron chi connectivity index (χ4n) is 3.50. The Balaban J connectivity index is 2.01. The number of aromatic amines is 1. The third kappa shape index (κ3) is 4.82. The molecule has 1 heterocycles. The Morgan fingerprint density at radius 2 is 1.77 bits per heavy atom. The number of nitrogens with one attached hydrogen (secondary N) is 2. The number of ether oxygens (including phenoxy) is 2. The van der Waals surface area contributed by atoms with Crippen LogP contribution in [0.3, 0.4) is 0 Å². The first-order valence-electron chi connectivity index (χ1n) is 9.96. The Morgan fingerprint density at radius 1 is 1.07 bits per heavy atom. The largest absolute Gasteiger partial charge is 0.465 e. The van der Waals surface area contributed by atoms with E-state index in [4.69, 9.17) is 9.47 Å². The topological polar surface area (TPSA) is 80.4 Å². The molecule has 0 aliphatic rings. The highest BCUT2D eigenvalue weighted by Gasteiger charge is 2.22. The highest BCUT2D eigenvalue weighted by Crippen LogP contribution is 2.34. The molecule has 0 saturated carbocycles. The molecule has 2 aromatic carbocycles. The first-order chi connectivity index (χ1) is 14.2. The van der Waals surface area contributed by atoms with Crippen LogP contribution >= 0.6 is 0 Å². The number of rotatable bonds is 5. The monoisotopic (exact) mass is 408 g/mol. The molecule has 0 spiro atoms. The lowest BCUT2D eigenvalue weighted by Gasteiger charge is -2.22. The molecular formula is C24H28N2O4. The molecule has 6 nitrogen and oxygen atoms in total. The zero-order valence-electron chi connectivity index (χ0n) is 18.0. The summed E-state index contributed by atoms with van der Waals surface area (Å²) in [5, 5.41) is 3.82. The molecule has 3 rings (SSSR count). The number of carbonyl (C=O) groups excluding carboxylic acids is 2. The van der Waals surface area contributed by atoms with Crippen molar-refractivity contribution in [2.75, 3.05) is 7.11 Å². The minimum absolute atomic E-state index is 0.183. The molecule has 0 fully saturated rings. The molecule has 0 aliphatic heterocycles. The van der Waals surface area contributed by atoms with Gasteiger partial charge in [-0.25, -0.2) is 9.59 Å². The number of alkyl carbamates (subject to hydrolysis) is 1. The van der Waals surface area contributed by atoms with Gasteiger partial charge in [0.2, 0.25) is 0 Å². The molecule has 2 N–H and O–H groups in total. The van der Waals surface area contributed by atoms with Gasteiger partial charge in [-0.05, 0) is 39.3 Å². The number of carbonyl (C=O) groups is 2. The van der Waals surface area contributed by atoms with Crippen LogP contribution in [0.5, 0.6) is 0 Å². The third-order valence-electron chi connectivity index (χ3n) is 4.65. The molecule has 0 unspecified atom stereocenters. The van der Waals surface area contributed by atoms with E-state index in [1.807, 2.05) is 70.2 Å². The number of H-pyrrole nitrogens is 1. The average molecular weight is 408 g/mol. The van der Waals surface area contributed by atoms with E-state index in [9.17, 15) is 9.59 Å². The van der Waals surface area contributed by atoms with Crippen LogP contribution in [0.1, 0.15) is 43.7 Å². The molecule has 1 amide bonds. The number of fused-ring (bicyclic) bond motifs is 1. The second kappa shape index (κ2) is 8.61. The zero-order chi connectivity index (χ0) is 21.9. The first kappa shape index (κ1) is 21.4. The van der Waals surface area contributed by atoms with E-state index in [1.165, 1.54) is 7.11 Å². The van der Waals surface area contributed by atoms with Crippen LogP contribution in [0.4, 0.5) is 4.79 Å². The molecular weight excluding hydrogens is 380 g/mol. The van der Waals surface area contributed by atoms with Crippen molar-refractivity contribution < 1.29 is 19.1 Å². The Hall–Kier alpha value is -3.28. The van der Waals surface area contributed by atoms with Crippen LogP contribution < -0.4 is 5.32 Å². The summed E-state index contributed by atoms with van der Waals surface area (Å²) in [6.45, 7) is 7.41. The Labute approximate surface area is 176 Å². The summed E-state index contributed by atoms with van der Waals surface area (Å²) in [5.74, 6) is -0.395. The predicted octanol–water partition coefficient (Wildman–Crippen LogP) is 5.08. The number of benzene rings is 2. The van der Waals surface area contributed by atoms with Gasteiger partial charge in [-0.2, -0.15) is 0 Å². The maximum atomic E-state index is 12.3. The highest BCUT2D eigenvalue weighted by atomic mass is 16.6. The van der Waals surface area contributed by atoms with Crippen molar-refractivity contribution in [2.24, 2.45) is 0 Å². The first-order valence-corrected chi connectivity index (χ1v) is 9.96. The normalized spacial score (nSPS) is 12.4. The second-order valence-electron chi connectivity index (χ2n) is 8.32. The van der Waals surface area contributed by atoms with E-state index < -0.39 is 17.7 Å². The van der Waals surface area contributed by atoms with Gasteiger partial charge in [-0.3, -0.25) is 0 Å². The summed E-state index contributed by atoms with van der Waals surface area (Å²) in [7, 11) is 1.37. The van der Waals surface area contributed by atoms with Gasteiger partial charge in [-0.1, -0.05) is 42.5 Å². The molecule has 0 radical (unpaired) electrons. The van der Waals surface area contributed by atoms with Gasteiger partial charge in [0.15, 0.2) is 0 Å². The number of para-hydroxylation sites is 1. The summed E-state index contributed by atoms with van der Waals surface area (Å²) in [6, 6.07) is 15.4. The van der Waals surface area contributed by atoms with E-state index in [0.717, 1.165) is 27.7 Å². The minimum atomic E-state index is -0.560. The number of amides is 1. The third-order valence-corrected chi connectivity index (χ3v) is 4.65. The van der Waals surface area contributed by atoms with Crippen molar-refractivity contribution in [2.45, 2.75) is 45.8 Å². The number of hydrogen-bond acceptors (Lipinski definition) is 4. The SMILES string of the molecule is COC(=O)c1cccc2c(-c3ccccc3)c(C[C@@H](C)NC(=O)OC(C)(C)C)[nH]c12. The van der Waals surface area contributed by atoms with Crippen molar-refractivity contribution in [3.05, 3.63) is 59.8 Å². The Bertz CT molecular complexity index is 1050. The van der Waals surface area contributed by atoms with Crippen LogP contribution in [0.25, 0.3) is 22.0 Å². The van der Waals surface area contributed by atoms with Crippen molar-refractivity contribution in [1.29, 1.82) is 0 Å². The summed E-state index contributed by atoms with van der Waals surface area (Å²) in [6.07, 6.45) is 0.0845. The Morgan fingerprint density at radius 3 is 2.40 bits per heavy atom. The summed E-state index contributed by atoms with van der Waals surface area (Å²) in [4.78, 5) is 27.8. The van der Waals surface area contributed by atoms with Gasteiger partial charge in [0.05, 0.1) is 18.2 Å². The van der Waals surface area contributed by atoms with Gasteiger partial charge in [0.25, 0.3) is 0 Å². The van der Waals surface area contributed by atoms with Crippen LogP contribution in [-0.4, -0.2) is 35.8 Å². The van der Waals surface area contributed by atoms with E-state index in [0.29, 0.717) is 12.0 Å². The lowest BCUT2D eigenvalue weighted by atomic mass is 9.98. The van der Waals surface area contributed by atoms with Crippen LogP contribution in [0.15, 0.2) is 48.5 Å². The zero-order valence-corrected chi connectivity index (χ0v) is 18.0. The molecule has 0 aliphatic carbocycles. The summed E-state index contributed by atoms with van der Waals surface area (Å²) in [5.41, 5.74) is 3.61. The van der Waals surface area contributed by atoms with Crippen molar-refractivity contribution >= 4 is 23.0 Å². The van der Waals surface area contributed by atoms with E-state index >= 15 is 0 Å². The van der Waals surface area contributed by atoms with Crippen LogP contribution in [0.2, 0.25) is 0 Å². The minimum Gasteiger partial charge on any atom is -0.465 e. The molecule has 158 valence electrons. The van der Waals surface area contributed by atoms with Gasteiger partial charge in [0.1, 0.15) is 5.60 Å². The highest BCUT2D eigenvalue weighted by molar-refractivity contribution is 6.08. The van der Waals surface area contributed by atoms with Gasteiger partial charge >= 0.3 is 12.1 Å². The van der Waals surface area contributed by atoms with Crippen LogP contribution in [0, 0.1) is 0 Å². The van der Waals surface area contributed by atoms with E-state index in [1.54, 1.807) is 6.07 Å². The molecule has 30 heavy (non-hydrogen) atoms. The van der Waals surface area contributed by atoms with E-state index in [2.05, 4.69) is 10.3 Å². The number of hydrogen-bond donors (Lipinski definition) is 2. The maximum Gasteiger partial charge on any atom is 0.407 e. The molecule has 1 atom stereocenters. The van der Waals surface area contributed by atoms with Crippen molar-refractivity contribution in [3.8, 4) is 11.1 Å². The predicted molar refractivity (Wildman–Crippen MR) is 118 cm³/mol. The summed E-state index contributed by atoms with van der Waals surface area (Å²) >= 11 is 0. The lowest BCUT2D eigenvalue weighted by Crippen LogP contribution is -2.38. The number of aromatic nitrogens is 1. The van der Waals surface area contributed by atoms with Crippen LogP contribution in [-0.2, 0) is 15.9 Å².